The van der Waals surface area contributed by atoms with E-state index in [4.69, 9.17) is 0 Å². The summed E-state index contributed by atoms with van der Waals surface area (Å²) in [5.74, 6) is 0. The first-order chi connectivity index (χ1) is 27.8. The van der Waals surface area contributed by atoms with E-state index in [2.05, 4.69) is 239 Å². The Kier molecular flexibility index (Phi) is 8.71. The maximum atomic E-state index is 2.44. The average Bonchev–Trinajstić information content (AvgIpc) is 3.64. The van der Waals surface area contributed by atoms with E-state index in [-0.39, 0.29) is 0 Å². The van der Waals surface area contributed by atoms with Crippen LogP contribution in [0.4, 0.5) is 51.2 Å². The quantitative estimate of drug-likeness (QED) is 0.146. The first-order valence-electron chi connectivity index (χ1n) is 18.9. The zero-order valence-corrected chi connectivity index (χ0v) is 31.4. The number of nitrogens with zero attached hydrogens (tertiary/aromatic N) is 3. The first kappa shape index (κ1) is 33.4. The maximum Gasteiger partial charge on any atom is 0.0718 e. The van der Waals surface area contributed by atoms with Crippen LogP contribution in [0.5, 0.6) is 0 Å². The lowest BCUT2D eigenvalue weighted by molar-refractivity contribution is 1.26. The number of hydrogen-bond donors (Lipinski definition) is 0. The van der Waals surface area contributed by atoms with E-state index >= 15 is 0 Å². The highest BCUT2D eigenvalue weighted by atomic mass is 32.1. The molecule has 1 aromatic heterocycles. The molecule has 0 spiro atoms. The predicted molar refractivity (Wildman–Crippen MR) is 241 cm³/mol. The summed E-state index contributed by atoms with van der Waals surface area (Å²) in [5.41, 5.74) is 10.0. The van der Waals surface area contributed by atoms with E-state index in [0.29, 0.717) is 0 Å². The first-order valence-corrected chi connectivity index (χ1v) is 19.8. The second-order valence-corrected chi connectivity index (χ2v) is 14.8. The normalized spacial score (nSPS) is 11.2. The third-order valence-corrected chi connectivity index (χ3v) is 11.5. The highest BCUT2D eigenvalue weighted by Crippen LogP contribution is 2.53. The van der Waals surface area contributed by atoms with Gasteiger partial charge in [-0.25, -0.2) is 0 Å². The van der Waals surface area contributed by atoms with Crippen molar-refractivity contribution in [3.63, 3.8) is 0 Å². The Hall–Kier alpha value is -7.14. The van der Waals surface area contributed by atoms with Crippen molar-refractivity contribution in [2.75, 3.05) is 14.7 Å². The average molecular weight is 736 g/mol. The lowest BCUT2D eigenvalue weighted by atomic mass is 10.0. The van der Waals surface area contributed by atoms with E-state index in [1.165, 1.54) is 36.6 Å². The molecule has 0 bridgehead atoms. The van der Waals surface area contributed by atoms with Crippen molar-refractivity contribution in [3.8, 4) is 0 Å². The Bertz CT molecular complexity index is 2780. The van der Waals surface area contributed by atoms with E-state index in [0.717, 1.165) is 45.5 Å². The largest absolute Gasteiger partial charge is 0.310 e. The molecule has 0 atom stereocenters. The molecule has 0 radical (unpaired) electrons. The molecule has 0 aliphatic heterocycles. The standard InChI is InChI=1S/C52H37N3S/c1-7-22-39(23-8-1)53(40-24-9-2-10-25-40)45-36-48(54(41-26-11-3-12-27-41)42-28-13-4-14-29-42)50-47-35-38-21-19-20-34-46(38)51(52(47)56-49(50)37-45)55(43-30-15-5-16-31-43)44-32-17-6-18-33-44/h1-37H. The third kappa shape index (κ3) is 6.03. The number of hydrogen-bond acceptors (Lipinski definition) is 4. The topological polar surface area (TPSA) is 9.72 Å². The molecule has 0 aliphatic carbocycles. The molecule has 0 N–H and O–H groups in total. The van der Waals surface area contributed by atoms with Gasteiger partial charge in [-0.2, -0.15) is 0 Å². The van der Waals surface area contributed by atoms with Crippen molar-refractivity contribution in [1.29, 1.82) is 0 Å². The summed E-state index contributed by atoms with van der Waals surface area (Å²) >= 11 is 1.87. The molecule has 3 nitrogen and oxygen atoms in total. The number of anilines is 9. The van der Waals surface area contributed by atoms with Gasteiger partial charge < -0.3 is 14.7 Å². The van der Waals surface area contributed by atoms with Gasteiger partial charge >= 0.3 is 0 Å². The molecule has 266 valence electrons. The van der Waals surface area contributed by atoms with Crippen molar-refractivity contribution in [2.45, 2.75) is 0 Å². The van der Waals surface area contributed by atoms with Gasteiger partial charge in [0.05, 0.1) is 16.1 Å². The molecule has 10 aromatic rings. The van der Waals surface area contributed by atoms with Crippen molar-refractivity contribution >= 4 is 93.5 Å². The Morgan fingerprint density at radius 1 is 0.304 bits per heavy atom. The van der Waals surface area contributed by atoms with Gasteiger partial charge in [0.15, 0.2) is 0 Å². The van der Waals surface area contributed by atoms with Crippen LogP contribution in [-0.4, -0.2) is 0 Å². The summed E-state index contributed by atoms with van der Waals surface area (Å²) in [5, 5.41) is 4.84. The van der Waals surface area contributed by atoms with E-state index in [1.54, 1.807) is 0 Å². The fourth-order valence-corrected chi connectivity index (χ4v) is 9.20. The molecule has 0 aliphatic rings. The smallest absolute Gasteiger partial charge is 0.0718 e. The van der Waals surface area contributed by atoms with E-state index < -0.39 is 0 Å². The van der Waals surface area contributed by atoms with Crippen LogP contribution in [0.1, 0.15) is 0 Å². The molecule has 0 saturated carbocycles. The number of fused-ring (bicyclic) bond motifs is 4. The van der Waals surface area contributed by atoms with Gasteiger partial charge in [0.2, 0.25) is 0 Å². The second-order valence-electron chi connectivity index (χ2n) is 13.8. The van der Waals surface area contributed by atoms with Crippen LogP contribution in [0.25, 0.3) is 30.9 Å². The lowest BCUT2D eigenvalue weighted by Crippen LogP contribution is -2.13. The molecule has 56 heavy (non-hydrogen) atoms. The molecular formula is C52H37N3S. The fraction of sp³-hybridized carbons (Fsp3) is 0. The van der Waals surface area contributed by atoms with E-state index in [9.17, 15) is 0 Å². The number of benzene rings is 9. The summed E-state index contributed by atoms with van der Waals surface area (Å²) < 4.78 is 2.44. The van der Waals surface area contributed by atoms with Crippen molar-refractivity contribution in [3.05, 3.63) is 224 Å². The molecule has 0 fully saturated rings. The van der Waals surface area contributed by atoms with Gasteiger partial charge in [0.1, 0.15) is 0 Å². The van der Waals surface area contributed by atoms with Crippen molar-refractivity contribution < 1.29 is 0 Å². The van der Waals surface area contributed by atoms with Crippen LogP contribution in [0.3, 0.4) is 0 Å². The molecule has 1 heterocycles. The van der Waals surface area contributed by atoms with Crippen LogP contribution in [0.15, 0.2) is 224 Å². The van der Waals surface area contributed by atoms with Crippen LogP contribution in [0.2, 0.25) is 0 Å². The van der Waals surface area contributed by atoms with Gasteiger partial charge in [0, 0.05) is 60.7 Å². The Labute approximate surface area is 331 Å². The summed E-state index contributed by atoms with van der Waals surface area (Å²) in [4.78, 5) is 7.24. The highest BCUT2D eigenvalue weighted by Gasteiger charge is 2.26. The fourth-order valence-electron chi connectivity index (χ4n) is 7.92. The molecule has 0 saturated heterocycles. The van der Waals surface area contributed by atoms with Gasteiger partial charge in [-0.05, 0) is 96.4 Å². The van der Waals surface area contributed by atoms with Crippen LogP contribution >= 0.6 is 11.3 Å². The zero-order chi connectivity index (χ0) is 37.3. The predicted octanol–water partition coefficient (Wildman–Crippen LogP) is 15.6. The summed E-state index contributed by atoms with van der Waals surface area (Å²) in [6.07, 6.45) is 0. The monoisotopic (exact) mass is 735 g/mol. The Morgan fingerprint density at radius 2 is 0.696 bits per heavy atom. The Morgan fingerprint density at radius 3 is 1.16 bits per heavy atom. The molecular weight excluding hydrogens is 699 g/mol. The van der Waals surface area contributed by atoms with Gasteiger partial charge in [-0.3, -0.25) is 0 Å². The molecule has 0 amide bonds. The summed E-state index contributed by atoms with van der Waals surface area (Å²) in [6.45, 7) is 0. The van der Waals surface area contributed by atoms with Crippen molar-refractivity contribution in [1.82, 2.24) is 0 Å². The summed E-state index contributed by atoms with van der Waals surface area (Å²) in [7, 11) is 0. The lowest BCUT2D eigenvalue weighted by Gasteiger charge is -2.30. The highest BCUT2D eigenvalue weighted by molar-refractivity contribution is 7.26. The van der Waals surface area contributed by atoms with Gasteiger partial charge in [-0.15, -0.1) is 11.3 Å². The van der Waals surface area contributed by atoms with Crippen molar-refractivity contribution in [2.24, 2.45) is 0 Å². The number of rotatable bonds is 9. The SMILES string of the molecule is c1ccc(N(c2ccccc2)c2cc(N(c3ccccc3)c3ccccc3)c3c(c2)sc2c(N(c4ccccc4)c4ccccc4)c4ccccc4cc23)cc1. The minimum absolute atomic E-state index is 1.09. The van der Waals surface area contributed by atoms with Crippen LogP contribution < -0.4 is 14.7 Å². The van der Waals surface area contributed by atoms with Gasteiger partial charge in [0.25, 0.3) is 0 Å². The molecule has 10 rings (SSSR count). The molecule has 4 heteroatoms. The van der Waals surface area contributed by atoms with Crippen LogP contribution in [-0.2, 0) is 0 Å². The van der Waals surface area contributed by atoms with Crippen LogP contribution in [0, 0.1) is 0 Å². The van der Waals surface area contributed by atoms with Gasteiger partial charge in [-0.1, -0.05) is 133 Å². The number of para-hydroxylation sites is 6. The zero-order valence-electron chi connectivity index (χ0n) is 30.6. The minimum Gasteiger partial charge on any atom is -0.310 e. The maximum absolute atomic E-state index is 2.44. The Balaban J connectivity index is 1.36. The summed E-state index contributed by atoms with van der Waals surface area (Å²) in [6, 6.07) is 80.4. The third-order valence-electron chi connectivity index (χ3n) is 10.3. The van der Waals surface area contributed by atoms with E-state index in [1.807, 2.05) is 11.3 Å². The second kappa shape index (κ2) is 14.6. The minimum atomic E-state index is 1.09. The molecule has 9 aromatic carbocycles. The number of thiophene rings is 1. The molecule has 0 unspecified atom stereocenters.